The Morgan fingerprint density at radius 2 is 2.19 bits per heavy atom. The highest BCUT2D eigenvalue weighted by molar-refractivity contribution is 7.80. The average Bonchev–Trinajstić information content (AvgIpc) is 2.68. The molecule has 0 aromatic carbocycles. The van der Waals surface area contributed by atoms with Gasteiger partial charge in [0.15, 0.2) is 11.4 Å². The second kappa shape index (κ2) is 6.19. The van der Waals surface area contributed by atoms with Crippen molar-refractivity contribution in [1.82, 2.24) is 9.55 Å². The molecular formula is C11H14N4S. The SMILES string of the molecule is CC(CCS)CCn1cnc(C#N)c1C#N. The van der Waals surface area contributed by atoms with Crippen molar-refractivity contribution in [2.75, 3.05) is 5.75 Å². The summed E-state index contributed by atoms with van der Waals surface area (Å²) in [6.07, 6.45) is 3.59. The number of aromatic nitrogens is 2. The fraction of sp³-hybridized carbons (Fsp3) is 0.545. The zero-order valence-electron chi connectivity index (χ0n) is 9.22. The van der Waals surface area contributed by atoms with Gasteiger partial charge in [0.05, 0.1) is 6.33 Å². The van der Waals surface area contributed by atoms with E-state index in [1.165, 1.54) is 0 Å². The van der Waals surface area contributed by atoms with Crippen molar-refractivity contribution in [3.05, 3.63) is 17.7 Å². The molecule has 16 heavy (non-hydrogen) atoms. The van der Waals surface area contributed by atoms with Crippen LogP contribution in [0.3, 0.4) is 0 Å². The Kier molecular flexibility index (Phi) is 4.88. The smallest absolute Gasteiger partial charge is 0.176 e. The van der Waals surface area contributed by atoms with Crippen LogP contribution < -0.4 is 0 Å². The quantitative estimate of drug-likeness (QED) is 0.792. The first-order chi connectivity index (χ1) is 7.72. The molecule has 0 aliphatic heterocycles. The Hall–Kier alpha value is -1.46. The van der Waals surface area contributed by atoms with Gasteiger partial charge in [-0.3, -0.25) is 0 Å². The van der Waals surface area contributed by atoms with Crippen molar-refractivity contribution in [3.8, 4) is 12.1 Å². The van der Waals surface area contributed by atoms with Crippen molar-refractivity contribution in [1.29, 1.82) is 10.5 Å². The third kappa shape index (κ3) is 3.01. The Morgan fingerprint density at radius 3 is 2.75 bits per heavy atom. The summed E-state index contributed by atoms with van der Waals surface area (Å²) in [7, 11) is 0. The third-order valence-electron chi connectivity index (χ3n) is 2.53. The summed E-state index contributed by atoms with van der Waals surface area (Å²) in [6.45, 7) is 2.89. The van der Waals surface area contributed by atoms with Gasteiger partial charge >= 0.3 is 0 Å². The van der Waals surface area contributed by atoms with E-state index >= 15 is 0 Å². The summed E-state index contributed by atoms with van der Waals surface area (Å²) in [5, 5.41) is 17.7. The lowest BCUT2D eigenvalue weighted by Crippen LogP contribution is -2.05. The van der Waals surface area contributed by atoms with Gasteiger partial charge in [-0.05, 0) is 24.5 Å². The summed E-state index contributed by atoms with van der Waals surface area (Å²) >= 11 is 4.18. The fourth-order valence-electron chi connectivity index (χ4n) is 1.48. The third-order valence-corrected chi connectivity index (χ3v) is 2.79. The topological polar surface area (TPSA) is 65.4 Å². The highest BCUT2D eigenvalue weighted by Crippen LogP contribution is 2.12. The molecule has 1 rings (SSSR count). The minimum absolute atomic E-state index is 0.212. The molecule has 0 aliphatic carbocycles. The molecule has 1 aromatic heterocycles. The molecule has 0 radical (unpaired) electrons. The van der Waals surface area contributed by atoms with E-state index in [1.54, 1.807) is 10.9 Å². The number of hydrogen-bond acceptors (Lipinski definition) is 4. The standard InChI is InChI=1S/C11H14N4S/c1-9(3-5-16)2-4-15-8-14-10(6-12)11(15)7-13/h8-9,16H,2-5H2,1H3. The normalized spacial score (nSPS) is 11.8. The number of hydrogen-bond donors (Lipinski definition) is 1. The van der Waals surface area contributed by atoms with E-state index in [1.807, 2.05) is 12.1 Å². The number of nitrogens with zero attached hydrogens (tertiary/aromatic N) is 4. The van der Waals surface area contributed by atoms with Crippen LogP contribution in [-0.4, -0.2) is 15.3 Å². The first-order valence-corrected chi connectivity index (χ1v) is 5.82. The summed E-state index contributed by atoms with van der Waals surface area (Å²) in [6, 6.07) is 3.93. The summed E-state index contributed by atoms with van der Waals surface area (Å²) in [4.78, 5) is 3.89. The number of rotatable bonds is 5. The van der Waals surface area contributed by atoms with Gasteiger partial charge in [-0.1, -0.05) is 6.92 Å². The van der Waals surface area contributed by atoms with Gasteiger partial charge in [-0.25, -0.2) is 4.98 Å². The Balaban J connectivity index is 2.65. The van der Waals surface area contributed by atoms with Gasteiger partial charge < -0.3 is 4.57 Å². The number of nitriles is 2. The first-order valence-electron chi connectivity index (χ1n) is 5.19. The van der Waals surface area contributed by atoms with Crippen LogP contribution in [0.2, 0.25) is 0 Å². The maximum atomic E-state index is 8.91. The molecule has 1 atom stereocenters. The van der Waals surface area contributed by atoms with Crippen molar-refractivity contribution < 1.29 is 0 Å². The zero-order chi connectivity index (χ0) is 12.0. The van der Waals surface area contributed by atoms with Crippen molar-refractivity contribution in [2.24, 2.45) is 5.92 Å². The Labute approximate surface area is 101 Å². The second-order valence-electron chi connectivity index (χ2n) is 3.76. The monoisotopic (exact) mass is 234 g/mol. The maximum Gasteiger partial charge on any atom is 0.176 e. The van der Waals surface area contributed by atoms with Crippen molar-refractivity contribution in [2.45, 2.75) is 26.3 Å². The van der Waals surface area contributed by atoms with E-state index < -0.39 is 0 Å². The van der Waals surface area contributed by atoms with Gasteiger partial charge in [0.1, 0.15) is 12.1 Å². The lowest BCUT2D eigenvalue weighted by atomic mass is 10.1. The molecule has 0 aliphatic rings. The zero-order valence-corrected chi connectivity index (χ0v) is 10.1. The number of aryl methyl sites for hydroxylation is 1. The molecule has 84 valence electrons. The Bertz CT molecular complexity index is 424. The highest BCUT2D eigenvalue weighted by Gasteiger charge is 2.10. The van der Waals surface area contributed by atoms with Crippen LogP contribution >= 0.6 is 12.6 Å². The molecule has 0 saturated carbocycles. The van der Waals surface area contributed by atoms with E-state index in [0.717, 1.165) is 25.1 Å². The van der Waals surface area contributed by atoms with Gasteiger partial charge in [-0.15, -0.1) is 0 Å². The largest absolute Gasteiger partial charge is 0.321 e. The van der Waals surface area contributed by atoms with Crippen molar-refractivity contribution >= 4 is 12.6 Å². The van der Waals surface area contributed by atoms with Gasteiger partial charge in [-0.2, -0.15) is 23.2 Å². The summed E-state index contributed by atoms with van der Waals surface area (Å²) < 4.78 is 1.74. The van der Waals surface area contributed by atoms with Crippen LogP contribution in [0, 0.1) is 28.6 Å². The van der Waals surface area contributed by atoms with Crippen LogP contribution in [0.15, 0.2) is 6.33 Å². The van der Waals surface area contributed by atoms with Crippen molar-refractivity contribution in [3.63, 3.8) is 0 Å². The molecule has 5 heteroatoms. The van der Waals surface area contributed by atoms with Crippen LogP contribution in [-0.2, 0) is 6.54 Å². The first kappa shape index (κ1) is 12.6. The lowest BCUT2D eigenvalue weighted by Gasteiger charge is -2.10. The molecule has 4 nitrogen and oxygen atoms in total. The maximum absolute atomic E-state index is 8.91. The highest BCUT2D eigenvalue weighted by atomic mass is 32.1. The molecule has 0 fully saturated rings. The van der Waals surface area contributed by atoms with E-state index in [-0.39, 0.29) is 5.69 Å². The number of imidazole rings is 1. The van der Waals surface area contributed by atoms with Gasteiger partial charge in [0, 0.05) is 6.54 Å². The van der Waals surface area contributed by atoms with Crippen LogP contribution in [0.4, 0.5) is 0 Å². The number of thiol groups is 1. The molecular weight excluding hydrogens is 220 g/mol. The van der Waals surface area contributed by atoms with E-state index in [2.05, 4.69) is 24.5 Å². The van der Waals surface area contributed by atoms with E-state index in [0.29, 0.717) is 11.6 Å². The molecule has 0 saturated heterocycles. The van der Waals surface area contributed by atoms with E-state index in [4.69, 9.17) is 10.5 Å². The predicted molar refractivity (Wildman–Crippen MR) is 63.9 cm³/mol. The van der Waals surface area contributed by atoms with Crippen LogP contribution in [0.1, 0.15) is 31.2 Å². The lowest BCUT2D eigenvalue weighted by molar-refractivity contribution is 0.470. The molecule has 0 bridgehead atoms. The van der Waals surface area contributed by atoms with Crippen LogP contribution in [0.25, 0.3) is 0 Å². The Morgan fingerprint density at radius 1 is 1.44 bits per heavy atom. The summed E-state index contributed by atoms with van der Waals surface area (Å²) in [5.74, 6) is 1.44. The minimum Gasteiger partial charge on any atom is -0.321 e. The second-order valence-corrected chi connectivity index (χ2v) is 4.21. The molecule has 1 heterocycles. The average molecular weight is 234 g/mol. The molecule has 0 spiro atoms. The minimum atomic E-state index is 0.212. The van der Waals surface area contributed by atoms with E-state index in [9.17, 15) is 0 Å². The van der Waals surface area contributed by atoms with Crippen LogP contribution in [0.5, 0.6) is 0 Å². The fourth-order valence-corrected chi connectivity index (χ4v) is 1.92. The molecule has 1 aromatic rings. The predicted octanol–water partition coefficient (Wildman–Crippen LogP) is 1.97. The summed E-state index contributed by atoms with van der Waals surface area (Å²) in [5.41, 5.74) is 0.574. The van der Waals surface area contributed by atoms with Gasteiger partial charge in [0.25, 0.3) is 0 Å². The molecule has 1 unspecified atom stereocenters. The molecule has 0 amide bonds. The molecule has 0 N–H and O–H groups in total. The van der Waals surface area contributed by atoms with Gasteiger partial charge in [0.2, 0.25) is 0 Å².